The third-order valence-electron chi connectivity index (χ3n) is 3.98. The minimum atomic E-state index is -0.507. The molecule has 122 valence electrons. The zero-order valence-electron chi connectivity index (χ0n) is 13.2. The number of hydrogen-bond acceptors (Lipinski definition) is 4. The van der Waals surface area contributed by atoms with E-state index in [1.165, 1.54) is 12.1 Å². The molecule has 3 N–H and O–H groups in total. The molecule has 3 rings (SSSR count). The number of aromatic nitrogens is 1. The van der Waals surface area contributed by atoms with Gasteiger partial charge in [0.15, 0.2) is 0 Å². The van der Waals surface area contributed by atoms with Crippen LogP contribution >= 0.6 is 0 Å². The number of aromatic amines is 1. The Morgan fingerprint density at radius 3 is 2.67 bits per heavy atom. The number of benzene rings is 2. The van der Waals surface area contributed by atoms with Crippen LogP contribution in [0.3, 0.4) is 0 Å². The average molecular weight is 324 g/mol. The van der Waals surface area contributed by atoms with Crippen LogP contribution in [-0.2, 0) is 0 Å². The Labute approximate surface area is 137 Å². The average Bonchev–Trinajstić information content (AvgIpc) is 2.87. The lowest BCUT2D eigenvalue weighted by Gasteiger charge is -2.09. The van der Waals surface area contributed by atoms with Crippen molar-refractivity contribution in [3.05, 3.63) is 69.4 Å². The van der Waals surface area contributed by atoms with Gasteiger partial charge in [0.25, 0.3) is 11.6 Å². The number of nitrogens with one attached hydrogen (secondary N) is 3. The van der Waals surface area contributed by atoms with E-state index < -0.39 is 4.92 Å². The molecule has 0 saturated carbocycles. The minimum Gasteiger partial charge on any atom is -0.358 e. The van der Waals surface area contributed by atoms with Crippen molar-refractivity contribution < 1.29 is 9.72 Å². The van der Waals surface area contributed by atoms with Gasteiger partial charge in [0, 0.05) is 28.2 Å². The van der Waals surface area contributed by atoms with Crippen molar-refractivity contribution in [2.45, 2.75) is 13.8 Å². The second kappa shape index (κ2) is 6.04. The molecule has 0 aliphatic heterocycles. The Morgan fingerprint density at radius 2 is 1.92 bits per heavy atom. The summed E-state index contributed by atoms with van der Waals surface area (Å²) in [5, 5.41) is 11.9. The fourth-order valence-corrected chi connectivity index (χ4v) is 2.54. The lowest BCUT2D eigenvalue weighted by Crippen LogP contribution is -2.29. The van der Waals surface area contributed by atoms with E-state index in [1.54, 1.807) is 24.3 Å². The van der Waals surface area contributed by atoms with Crippen LogP contribution < -0.4 is 10.9 Å². The number of anilines is 1. The van der Waals surface area contributed by atoms with Gasteiger partial charge in [-0.2, -0.15) is 0 Å². The van der Waals surface area contributed by atoms with E-state index >= 15 is 0 Å². The first-order chi connectivity index (χ1) is 11.5. The number of nitro benzene ring substituents is 1. The van der Waals surface area contributed by atoms with Crippen LogP contribution in [0.4, 0.5) is 11.4 Å². The molecule has 1 amide bonds. The van der Waals surface area contributed by atoms with Gasteiger partial charge in [-0.25, -0.2) is 0 Å². The predicted molar refractivity (Wildman–Crippen MR) is 92.0 cm³/mol. The highest BCUT2D eigenvalue weighted by atomic mass is 16.6. The summed E-state index contributed by atoms with van der Waals surface area (Å²) in [6.07, 6.45) is 0. The summed E-state index contributed by atoms with van der Waals surface area (Å²) in [6.45, 7) is 3.96. The van der Waals surface area contributed by atoms with Gasteiger partial charge in [0.2, 0.25) is 0 Å². The van der Waals surface area contributed by atoms with Crippen LogP contribution in [0.25, 0.3) is 10.9 Å². The van der Waals surface area contributed by atoms with E-state index in [0.29, 0.717) is 5.56 Å². The molecule has 1 heterocycles. The number of carbonyl (C=O) groups excluding carboxylic acids is 1. The lowest BCUT2D eigenvalue weighted by atomic mass is 10.1. The molecule has 0 spiro atoms. The Hall–Kier alpha value is -3.35. The van der Waals surface area contributed by atoms with E-state index in [-0.39, 0.29) is 17.3 Å². The number of para-hydroxylation sites is 2. The highest BCUT2D eigenvalue weighted by molar-refractivity contribution is 5.99. The normalized spacial score (nSPS) is 10.6. The molecule has 0 radical (unpaired) electrons. The molecular formula is C17H16N4O3. The van der Waals surface area contributed by atoms with Gasteiger partial charge < -0.3 is 4.98 Å². The fourth-order valence-electron chi connectivity index (χ4n) is 2.54. The van der Waals surface area contributed by atoms with Crippen LogP contribution in [0.5, 0.6) is 0 Å². The predicted octanol–water partition coefficient (Wildman–Crippen LogP) is 3.45. The van der Waals surface area contributed by atoms with Gasteiger partial charge in [0.05, 0.1) is 4.92 Å². The number of carbonyl (C=O) groups is 1. The Kier molecular flexibility index (Phi) is 3.91. The minimum absolute atomic E-state index is 0.106. The molecular weight excluding hydrogens is 308 g/mol. The monoisotopic (exact) mass is 324 g/mol. The van der Waals surface area contributed by atoms with Gasteiger partial charge in [-0.15, -0.1) is 0 Å². The SMILES string of the molecule is Cc1[nH]c2ccc(C(=O)NNc3ccccc3[N+](=O)[O-])cc2c1C. The van der Waals surface area contributed by atoms with Gasteiger partial charge in [-0.05, 0) is 43.7 Å². The van der Waals surface area contributed by atoms with E-state index in [0.717, 1.165) is 22.2 Å². The number of fused-ring (bicyclic) bond motifs is 1. The smallest absolute Gasteiger partial charge is 0.294 e. The summed E-state index contributed by atoms with van der Waals surface area (Å²) in [5.74, 6) is -0.367. The first-order valence-corrected chi connectivity index (χ1v) is 7.36. The molecule has 0 aliphatic carbocycles. The highest BCUT2D eigenvalue weighted by Crippen LogP contribution is 2.24. The van der Waals surface area contributed by atoms with E-state index in [2.05, 4.69) is 15.8 Å². The second-order valence-electron chi connectivity index (χ2n) is 5.49. The highest BCUT2D eigenvalue weighted by Gasteiger charge is 2.14. The lowest BCUT2D eigenvalue weighted by molar-refractivity contribution is -0.384. The summed E-state index contributed by atoms with van der Waals surface area (Å²) in [4.78, 5) is 26.0. The van der Waals surface area contributed by atoms with E-state index in [9.17, 15) is 14.9 Å². The molecule has 0 unspecified atom stereocenters. The molecule has 0 bridgehead atoms. The number of rotatable bonds is 4. The standard InChI is InChI=1S/C17H16N4O3/c1-10-11(2)18-14-8-7-12(9-13(10)14)17(22)20-19-15-5-3-4-6-16(15)21(23)24/h3-9,18-19H,1-2H3,(H,20,22). The van der Waals surface area contributed by atoms with Crippen molar-refractivity contribution in [1.29, 1.82) is 0 Å². The largest absolute Gasteiger partial charge is 0.358 e. The topological polar surface area (TPSA) is 100 Å². The molecule has 0 fully saturated rings. The van der Waals surface area contributed by atoms with Crippen LogP contribution in [0.1, 0.15) is 21.6 Å². The first-order valence-electron chi connectivity index (χ1n) is 7.36. The second-order valence-corrected chi connectivity index (χ2v) is 5.49. The zero-order chi connectivity index (χ0) is 17.3. The molecule has 0 aliphatic rings. The van der Waals surface area contributed by atoms with E-state index in [4.69, 9.17) is 0 Å². The maximum absolute atomic E-state index is 12.3. The van der Waals surface area contributed by atoms with Gasteiger partial charge >= 0.3 is 0 Å². The number of hydrazine groups is 1. The molecule has 7 nitrogen and oxygen atoms in total. The van der Waals surface area contributed by atoms with Crippen molar-refractivity contribution in [3.63, 3.8) is 0 Å². The zero-order valence-corrected chi connectivity index (χ0v) is 13.2. The van der Waals surface area contributed by atoms with Crippen molar-refractivity contribution in [2.24, 2.45) is 0 Å². The van der Waals surface area contributed by atoms with Crippen molar-refractivity contribution in [3.8, 4) is 0 Å². The van der Waals surface area contributed by atoms with Crippen molar-refractivity contribution in [2.75, 3.05) is 5.43 Å². The first kappa shape index (κ1) is 15.5. The van der Waals surface area contributed by atoms with Gasteiger partial charge in [0.1, 0.15) is 5.69 Å². The number of nitrogens with zero attached hydrogens (tertiary/aromatic N) is 1. The molecule has 1 aromatic heterocycles. The quantitative estimate of drug-likeness (QED) is 0.505. The van der Waals surface area contributed by atoms with Crippen LogP contribution in [0, 0.1) is 24.0 Å². The molecule has 24 heavy (non-hydrogen) atoms. The van der Waals surface area contributed by atoms with E-state index in [1.807, 2.05) is 19.9 Å². The Morgan fingerprint density at radius 1 is 1.17 bits per heavy atom. The maximum atomic E-state index is 12.3. The number of hydrogen-bond donors (Lipinski definition) is 3. The molecule has 2 aromatic carbocycles. The van der Waals surface area contributed by atoms with Crippen LogP contribution in [0.2, 0.25) is 0 Å². The van der Waals surface area contributed by atoms with Gasteiger partial charge in [-0.3, -0.25) is 25.8 Å². The summed E-state index contributed by atoms with van der Waals surface area (Å²) < 4.78 is 0. The summed E-state index contributed by atoms with van der Waals surface area (Å²) in [7, 11) is 0. The number of amides is 1. The van der Waals surface area contributed by atoms with Crippen molar-refractivity contribution >= 4 is 28.2 Å². The van der Waals surface area contributed by atoms with Crippen LogP contribution in [-0.4, -0.2) is 15.8 Å². The maximum Gasteiger partial charge on any atom is 0.294 e. The number of nitro groups is 1. The van der Waals surface area contributed by atoms with Crippen molar-refractivity contribution in [1.82, 2.24) is 10.4 Å². The molecule has 3 aromatic rings. The number of aryl methyl sites for hydroxylation is 2. The Bertz CT molecular complexity index is 946. The van der Waals surface area contributed by atoms with Gasteiger partial charge in [-0.1, -0.05) is 12.1 Å². The molecule has 7 heteroatoms. The summed E-state index contributed by atoms with van der Waals surface area (Å²) in [5.41, 5.74) is 8.81. The molecule has 0 saturated heterocycles. The molecule has 0 atom stereocenters. The summed E-state index contributed by atoms with van der Waals surface area (Å²) >= 11 is 0. The summed E-state index contributed by atoms with van der Waals surface area (Å²) in [6, 6.07) is 11.5. The third-order valence-corrected chi connectivity index (χ3v) is 3.98. The number of H-pyrrole nitrogens is 1. The Balaban J connectivity index is 1.81. The third kappa shape index (κ3) is 2.79. The fraction of sp³-hybridized carbons (Fsp3) is 0.118. The van der Waals surface area contributed by atoms with Crippen LogP contribution in [0.15, 0.2) is 42.5 Å².